The van der Waals surface area contributed by atoms with Crippen LogP contribution >= 0.6 is 11.6 Å². The van der Waals surface area contributed by atoms with Crippen molar-refractivity contribution in [3.8, 4) is 5.75 Å². The van der Waals surface area contributed by atoms with Crippen LogP contribution in [0.2, 0.25) is 5.02 Å². The molecule has 0 heterocycles. The molecule has 4 nitrogen and oxygen atoms in total. The lowest BCUT2D eigenvalue weighted by atomic mass is 10.1. The quantitative estimate of drug-likeness (QED) is 0.884. The maximum absolute atomic E-state index is 11.8. The first-order valence-corrected chi connectivity index (χ1v) is 6.99. The highest BCUT2D eigenvalue weighted by Gasteiger charge is 2.03. The van der Waals surface area contributed by atoms with Gasteiger partial charge in [-0.25, -0.2) is 4.79 Å². The number of urea groups is 1. The number of carbonyl (C=O) groups excluding carboxylic acids is 1. The van der Waals surface area contributed by atoms with Crippen molar-refractivity contribution in [1.29, 1.82) is 0 Å². The Hall–Kier alpha value is -2.20. The van der Waals surface area contributed by atoms with E-state index < -0.39 is 0 Å². The summed E-state index contributed by atoms with van der Waals surface area (Å²) in [7, 11) is 1.59. The Bertz CT molecular complexity index is 617. The third-order valence-electron chi connectivity index (χ3n) is 2.97. The highest BCUT2D eigenvalue weighted by Crippen LogP contribution is 2.17. The number of nitrogens with one attached hydrogen (secondary N) is 2. The van der Waals surface area contributed by atoms with Gasteiger partial charge in [0.25, 0.3) is 0 Å². The lowest BCUT2D eigenvalue weighted by molar-refractivity contribution is 0.252. The van der Waals surface area contributed by atoms with Crippen molar-refractivity contribution in [1.82, 2.24) is 5.32 Å². The molecule has 0 aliphatic heterocycles. The summed E-state index contributed by atoms with van der Waals surface area (Å²) >= 11 is 6.06. The van der Waals surface area contributed by atoms with Crippen molar-refractivity contribution in [2.45, 2.75) is 6.42 Å². The van der Waals surface area contributed by atoms with Gasteiger partial charge in [0, 0.05) is 23.3 Å². The third-order valence-corrected chi connectivity index (χ3v) is 3.33. The minimum atomic E-state index is -0.254. The fourth-order valence-electron chi connectivity index (χ4n) is 1.89. The van der Waals surface area contributed by atoms with Crippen LogP contribution < -0.4 is 15.4 Å². The number of anilines is 1. The summed E-state index contributed by atoms with van der Waals surface area (Å²) in [4.78, 5) is 11.8. The highest BCUT2D eigenvalue weighted by molar-refractivity contribution is 6.31. The van der Waals surface area contributed by atoms with Gasteiger partial charge < -0.3 is 15.4 Å². The SMILES string of the molecule is COc1cccc(NC(=O)NCCc2ccccc2Cl)c1. The topological polar surface area (TPSA) is 50.4 Å². The molecular formula is C16H17ClN2O2. The molecule has 0 saturated heterocycles. The second-order valence-corrected chi connectivity index (χ2v) is 4.86. The zero-order valence-electron chi connectivity index (χ0n) is 11.7. The number of hydrogen-bond acceptors (Lipinski definition) is 2. The van der Waals surface area contributed by atoms with Crippen LogP contribution in [-0.4, -0.2) is 19.7 Å². The predicted molar refractivity (Wildman–Crippen MR) is 85.2 cm³/mol. The smallest absolute Gasteiger partial charge is 0.319 e. The first-order chi connectivity index (χ1) is 10.2. The first-order valence-electron chi connectivity index (χ1n) is 6.61. The number of methoxy groups -OCH3 is 1. The Kier molecular flexibility index (Phi) is 5.46. The van der Waals surface area contributed by atoms with E-state index in [2.05, 4.69) is 10.6 Å². The molecule has 0 unspecified atom stereocenters. The molecule has 2 rings (SSSR count). The molecule has 2 aromatic carbocycles. The average molecular weight is 305 g/mol. The van der Waals surface area contributed by atoms with Crippen LogP contribution in [0.1, 0.15) is 5.56 Å². The van der Waals surface area contributed by atoms with Crippen molar-refractivity contribution in [2.24, 2.45) is 0 Å². The molecule has 110 valence electrons. The van der Waals surface area contributed by atoms with E-state index in [9.17, 15) is 4.79 Å². The Labute approximate surface area is 129 Å². The lowest BCUT2D eigenvalue weighted by Gasteiger charge is -2.09. The predicted octanol–water partition coefficient (Wildman–Crippen LogP) is 3.71. The lowest BCUT2D eigenvalue weighted by Crippen LogP contribution is -2.30. The number of rotatable bonds is 5. The molecule has 0 fully saturated rings. The molecule has 0 saturated carbocycles. The average Bonchev–Trinajstić information content (AvgIpc) is 2.49. The molecule has 0 radical (unpaired) electrons. The normalized spacial score (nSPS) is 10.0. The molecule has 0 aliphatic carbocycles. The highest BCUT2D eigenvalue weighted by atomic mass is 35.5. The van der Waals surface area contributed by atoms with Gasteiger partial charge in [-0.2, -0.15) is 0 Å². The summed E-state index contributed by atoms with van der Waals surface area (Å²) in [5.41, 5.74) is 1.70. The van der Waals surface area contributed by atoms with E-state index >= 15 is 0 Å². The van der Waals surface area contributed by atoms with E-state index in [-0.39, 0.29) is 6.03 Å². The summed E-state index contributed by atoms with van der Waals surface area (Å²) in [6.45, 7) is 0.513. The van der Waals surface area contributed by atoms with Crippen LogP contribution in [0, 0.1) is 0 Å². The maximum Gasteiger partial charge on any atom is 0.319 e. The summed E-state index contributed by atoms with van der Waals surface area (Å²) in [5, 5.41) is 6.26. The number of benzene rings is 2. The zero-order chi connectivity index (χ0) is 15.1. The van der Waals surface area contributed by atoms with Gasteiger partial charge in [-0.05, 0) is 30.2 Å². The number of amides is 2. The third kappa shape index (κ3) is 4.68. The van der Waals surface area contributed by atoms with Gasteiger partial charge in [-0.3, -0.25) is 0 Å². The molecular weight excluding hydrogens is 288 g/mol. The van der Waals surface area contributed by atoms with Gasteiger partial charge in [-0.15, -0.1) is 0 Å². The van der Waals surface area contributed by atoms with Crippen molar-refractivity contribution >= 4 is 23.3 Å². The summed E-state index contributed by atoms with van der Waals surface area (Å²) in [6, 6.07) is 14.5. The minimum absolute atomic E-state index is 0.254. The molecule has 0 atom stereocenters. The van der Waals surface area contributed by atoms with E-state index in [1.54, 1.807) is 19.2 Å². The van der Waals surface area contributed by atoms with E-state index in [4.69, 9.17) is 16.3 Å². The van der Waals surface area contributed by atoms with Crippen molar-refractivity contribution in [3.63, 3.8) is 0 Å². The van der Waals surface area contributed by atoms with Crippen molar-refractivity contribution in [2.75, 3.05) is 19.0 Å². The Morgan fingerprint density at radius 2 is 2.00 bits per heavy atom. The van der Waals surface area contributed by atoms with E-state index in [1.165, 1.54) is 0 Å². The number of ether oxygens (including phenoxy) is 1. The summed E-state index contributed by atoms with van der Waals surface area (Å²) in [6.07, 6.45) is 0.686. The van der Waals surface area contributed by atoms with E-state index in [1.807, 2.05) is 36.4 Å². The second kappa shape index (κ2) is 7.55. The van der Waals surface area contributed by atoms with Crippen LogP contribution in [0.15, 0.2) is 48.5 Å². The van der Waals surface area contributed by atoms with Crippen molar-refractivity contribution in [3.05, 3.63) is 59.1 Å². The van der Waals surface area contributed by atoms with Gasteiger partial charge in [0.2, 0.25) is 0 Å². The molecule has 2 amide bonds. The molecule has 0 aromatic heterocycles. The van der Waals surface area contributed by atoms with Gasteiger partial charge in [0.05, 0.1) is 7.11 Å². The second-order valence-electron chi connectivity index (χ2n) is 4.45. The summed E-state index contributed by atoms with van der Waals surface area (Å²) in [5.74, 6) is 0.698. The molecule has 0 aliphatic rings. The largest absolute Gasteiger partial charge is 0.497 e. The van der Waals surface area contributed by atoms with Gasteiger partial charge in [0.1, 0.15) is 5.75 Å². The summed E-state index contributed by atoms with van der Waals surface area (Å²) < 4.78 is 5.10. The van der Waals surface area contributed by atoms with Crippen LogP contribution in [0.3, 0.4) is 0 Å². The van der Waals surface area contributed by atoms with E-state index in [0.29, 0.717) is 29.4 Å². The van der Waals surface area contributed by atoms with Crippen LogP contribution in [0.4, 0.5) is 10.5 Å². The maximum atomic E-state index is 11.8. The van der Waals surface area contributed by atoms with Crippen molar-refractivity contribution < 1.29 is 9.53 Å². The van der Waals surface area contributed by atoms with Crippen LogP contribution in [-0.2, 0) is 6.42 Å². The number of carbonyl (C=O) groups is 1. The van der Waals surface area contributed by atoms with Gasteiger partial charge in [0.15, 0.2) is 0 Å². The fraction of sp³-hybridized carbons (Fsp3) is 0.188. The Morgan fingerprint density at radius 3 is 2.76 bits per heavy atom. The van der Waals surface area contributed by atoms with Gasteiger partial charge in [-0.1, -0.05) is 35.9 Å². The fourth-order valence-corrected chi connectivity index (χ4v) is 2.12. The Balaban J connectivity index is 1.81. The number of hydrogen-bond donors (Lipinski definition) is 2. The molecule has 21 heavy (non-hydrogen) atoms. The molecule has 2 aromatic rings. The molecule has 0 spiro atoms. The minimum Gasteiger partial charge on any atom is -0.497 e. The monoisotopic (exact) mass is 304 g/mol. The number of halogens is 1. The van der Waals surface area contributed by atoms with Crippen LogP contribution in [0.5, 0.6) is 5.75 Å². The molecule has 0 bridgehead atoms. The Morgan fingerprint density at radius 1 is 1.19 bits per heavy atom. The first kappa shape index (κ1) is 15.2. The molecule has 2 N–H and O–H groups in total. The van der Waals surface area contributed by atoms with Gasteiger partial charge >= 0.3 is 6.03 Å². The standard InChI is InChI=1S/C16H17ClN2O2/c1-21-14-7-4-6-13(11-14)19-16(20)18-10-9-12-5-2-3-8-15(12)17/h2-8,11H,9-10H2,1H3,(H2,18,19,20). The zero-order valence-corrected chi connectivity index (χ0v) is 12.5. The van der Waals surface area contributed by atoms with Crippen LogP contribution in [0.25, 0.3) is 0 Å². The molecule has 5 heteroatoms. The van der Waals surface area contributed by atoms with E-state index in [0.717, 1.165) is 5.56 Å².